The monoisotopic (exact) mass is 455 g/mol. The number of likely N-dealkylation sites (tertiary alicyclic amines) is 1. The van der Waals surface area contributed by atoms with E-state index in [9.17, 15) is 14.4 Å². The van der Waals surface area contributed by atoms with Gasteiger partial charge in [0.05, 0.1) is 12.6 Å². The van der Waals surface area contributed by atoms with Crippen LogP contribution in [-0.4, -0.2) is 58.3 Å². The third kappa shape index (κ3) is 4.73. The number of nitrogen functional groups attached to an aromatic ring is 1. The van der Waals surface area contributed by atoms with Gasteiger partial charge in [0.15, 0.2) is 0 Å². The Balaban J connectivity index is 1.44. The van der Waals surface area contributed by atoms with Gasteiger partial charge < -0.3 is 21.1 Å². The number of benzene rings is 1. The Morgan fingerprint density at radius 2 is 1.85 bits per heavy atom. The molecular formula is C24H33N5O4. The smallest absolute Gasteiger partial charge is 0.317 e. The lowest BCUT2D eigenvalue weighted by atomic mass is 9.83. The van der Waals surface area contributed by atoms with E-state index in [0.717, 1.165) is 44.1 Å². The van der Waals surface area contributed by atoms with E-state index in [1.165, 1.54) is 0 Å². The van der Waals surface area contributed by atoms with Crippen molar-refractivity contribution in [1.82, 2.24) is 15.5 Å². The molecule has 2 saturated carbocycles. The van der Waals surface area contributed by atoms with Crippen molar-refractivity contribution in [2.75, 3.05) is 13.1 Å². The first-order chi connectivity index (χ1) is 15.8. The highest BCUT2D eigenvalue weighted by Crippen LogP contribution is 2.56. The van der Waals surface area contributed by atoms with Crippen molar-refractivity contribution in [1.29, 1.82) is 5.41 Å². The standard InChI is InChI=1S/C24H33N5O4/c25-21(26)17-8-6-15(7-9-17)13-28-23(33)24-12-18(24)10-11-29(24)22(32)20(27-14-19(30)31)16-4-2-1-3-5-16/h6-9,16,18,20,27H,1-5,10-14H2,(H3,25,26)(H,28,33)(H,30,31)/t18-,20-,24+/m1/s1. The predicted molar refractivity (Wildman–Crippen MR) is 122 cm³/mol. The number of carboxylic acids is 1. The van der Waals surface area contributed by atoms with Crippen molar-refractivity contribution in [3.8, 4) is 0 Å². The van der Waals surface area contributed by atoms with Crippen LogP contribution in [-0.2, 0) is 20.9 Å². The molecule has 1 aromatic rings. The van der Waals surface area contributed by atoms with E-state index in [1.807, 2.05) is 12.1 Å². The highest BCUT2D eigenvalue weighted by molar-refractivity contribution is 5.97. The number of rotatable bonds is 9. The van der Waals surface area contributed by atoms with Gasteiger partial charge in [0.1, 0.15) is 11.4 Å². The summed E-state index contributed by atoms with van der Waals surface area (Å²) in [5, 5.41) is 22.6. The van der Waals surface area contributed by atoms with Gasteiger partial charge in [-0.15, -0.1) is 0 Å². The second kappa shape index (κ2) is 9.51. The molecule has 33 heavy (non-hydrogen) atoms. The first-order valence-corrected chi connectivity index (χ1v) is 11.8. The van der Waals surface area contributed by atoms with Crippen LogP contribution in [0.25, 0.3) is 0 Å². The van der Waals surface area contributed by atoms with Crippen LogP contribution in [0.1, 0.15) is 56.1 Å². The second-order valence-corrected chi connectivity index (χ2v) is 9.55. The summed E-state index contributed by atoms with van der Waals surface area (Å²) in [6.45, 7) is 0.596. The van der Waals surface area contributed by atoms with Crippen LogP contribution < -0.4 is 16.4 Å². The van der Waals surface area contributed by atoms with Gasteiger partial charge in [-0.05, 0) is 43.1 Å². The van der Waals surface area contributed by atoms with Crippen LogP contribution in [0.3, 0.4) is 0 Å². The Hall–Kier alpha value is -2.94. The highest BCUT2D eigenvalue weighted by Gasteiger charge is 2.68. The Bertz CT molecular complexity index is 927. The van der Waals surface area contributed by atoms with E-state index >= 15 is 0 Å². The number of nitrogens with two attached hydrogens (primary N) is 1. The van der Waals surface area contributed by atoms with Crippen LogP contribution in [0.2, 0.25) is 0 Å². The Labute approximate surface area is 193 Å². The molecule has 1 aromatic carbocycles. The van der Waals surface area contributed by atoms with Gasteiger partial charge in [-0.3, -0.25) is 25.1 Å². The predicted octanol–water partition coefficient (Wildman–Crippen LogP) is 1.20. The van der Waals surface area contributed by atoms with Crippen LogP contribution in [0.5, 0.6) is 0 Å². The van der Waals surface area contributed by atoms with Crippen LogP contribution >= 0.6 is 0 Å². The minimum Gasteiger partial charge on any atom is -0.480 e. The third-order valence-electron chi connectivity index (χ3n) is 7.49. The molecule has 0 radical (unpaired) electrons. The summed E-state index contributed by atoms with van der Waals surface area (Å²) in [5.74, 6) is -1.01. The zero-order valence-corrected chi connectivity index (χ0v) is 18.8. The van der Waals surface area contributed by atoms with Gasteiger partial charge >= 0.3 is 5.97 Å². The lowest BCUT2D eigenvalue weighted by molar-refractivity contribution is -0.144. The number of hydrogen-bond acceptors (Lipinski definition) is 5. The number of hydrogen-bond donors (Lipinski definition) is 5. The lowest BCUT2D eigenvalue weighted by Crippen LogP contribution is -2.58. The van der Waals surface area contributed by atoms with Crippen molar-refractivity contribution in [3.05, 3.63) is 35.4 Å². The lowest BCUT2D eigenvalue weighted by Gasteiger charge is -2.36. The number of amides is 2. The normalized spacial score (nSPS) is 25.2. The van der Waals surface area contributed by atoms with E-state index in [-0.39, 0.29) is 36.0 Å². The molecular weight excluding hydrogens is 422 g/mol. The van der Waals surface area contributed by atoms with Crippen molar-refractivity contribution < 1.29 is 19.5 Å². The second-order valence-electron chi connectivity index (χ2n) is 9.55. The zero-order chi connectivity index (χ0) is 23.6. The average Bonchev–Trinajstić information content (AvgIpc) is 3.43. The first-order valence-electron chi connectivity index (χ1n) is 11.8. The topological polar surface area (TPSA) is 149 Å². The fourth-order valence-corrected chi connectivity index (χ4v) is 5.61. The number of carbonyl (C=O) groups excluding carboxylic acids is 2. The molecule has 3 fully saturated rings. The quantitative estimate of drug-likeness (QED) is 0.279. The van der Waals surface area contributed by atoms with Crippen LogP contribution in [0.15, 0.2) is 24.3 Å². The Morgan fingerprint density at radius 1 is 1.15 bits per heavy atom. The maximum atomic E-state index is 13.6. The molecule has 6 N–H and O–H groups in total. The highest BCUT2D eigenvalue weighted by atomic mass is 16.4. The maximum Gasteiger partial charge on any atom is 0.317 e. The molecule has 178 valence electrons. The molecule has 4 rings (SSSR count). The molecule has 1 saturated heterocycles. The molecule has 2 amide bonds. The maximum absolute atomic E-state index is 13.6. The molecule has 2 aliphatic carbocycles. The van der Waals surface area contributed by atoms with E-state index in [0.29, 0.717) is 25.1 Å². The minimum atomic E-state index is -0.988. The molecule has 0 aromatic heterocycles. The molecule has 0 spiro atoms. The van der Waals surface area contributed by atoms with E-state index in [2.05, 4.69) is 10.6 Å². The molecule has 9 heteroatoms. The van der Waals surface area contributed by atoms with Crippen molar-refractivity contribution in [2.45, 2.75) is 63.1 Å². The van der Waals surface area contributed by atoms with Gasteiger partial charge in [-0.1, -0.05) is 43.5 Å². The molecule has 0 unspecified atom stereocenters. The summed E-state index contributed by atoms with van der Waals surface area (Å²) in [5.41, 5.74) is 6.19. The molecule has 0 bridgehead atoms. The fourth-order valence-electron chi connectivity index (χ4n) is 5.61. The first kappa shape index (κ1) is 23.2. The molecule has 9 nitrogen and oxygen atoms in total. The van der Waals surface area contributed by atoms with Gasteiger partial charge in [0.25, 0.3) is 0 Å². The summed E-state index contributed by atoms with van der Waals surface area (Å²) < 4.78 is 0. The zero-order valence-electron chi connectivity index (χ0n) is 18.8. The number of amidine groups is 1. The van der Waals surface area contributed by atoms with E-state index in [4.69, 9.17) is 16.2 Å². The number of fused-ring (bicyclic) bond motifs is 1. The number of carboxylic acid groups (broad SMARTS) is 1. The third-order valence-corrected chi connectivity index (χ3v) is 7.49. The molecule has 1 heterocycles. The van der Waals surface area contributed by atoms with Crippen molar-refractivity contribution in [2.24, 2.45) is 17.6 Å². The Morgan fingerprint density at radius 3 is 2.45 bits per heavy atom. The van der Waals surface area contributed by atoms with Gasteiger partial charge in [-0.2, -0.15) is 0 Å². The molecule has 1 aliphatic heterocycles. The van der Waals surface area contributed by atoms with Gasteiger partial charge in [0.2, 0.25) is 11.8 Å². The van der Waals surface area contributed by atoms with E-state index in [1.54, 1.807) is 17.0 Å². The number of nitrogens with one attached hydrogen (secondary N) is 3. The van der Waals surface area contributed by atoms with Crippen LogP contribution in [0.4, 0.5) is 0 Å². The molecule has 3 atom stereocenters. The number of nitrogens with zero attached hydrogens (tertiary/aromatic N) is 1. The molecule has 3 aliphatic rings. The number of carbonyl (C=O) groups is 3. The summed E-state index contributed by atoms with van der Waals surface area (Å²) >= 11 is 0. The van der Waals surface area contributed by atoms with Gasteiger partial charge in [-0.25, -0.2) is 0 Å². The van der Waals surface area contributed by atoms with Crippen LogP contribution in [0, 0.1) is 17.2 Å². The van der Waals surface area contributed by atoms with Gasteiger partial charge in [0, 0.05) is 18.7 Å². The fraction of sp³-hybridized carbons (Fsp3) is 0.583. The van der Waals surface area contributed by atoms with Crippen molar-refractivity contribution in [3.63, 3.8) is 0 Å². The average molecular weight is 456 g/mol. The Kier molecular flexibility index (Phi) is 6.69. The number of piperidine rings is 1. The van der Waals surface area contributed by atoms with Crippen molar-refractivity contribution >= 4 is 23.6 Å². The largest absolute Gasteiger partial charge is 0.480 e. The SMILES string of the molecule is N=C(N)c1ccc(CNC(=O)[C@]23C[C@H]2CCN3C(=O)[C@H](NCC(=O)O)C2CCCCC2)cc1. The number of aliphatic carboxylic acids is 1. The summed E-state index contributed by atoms with van der Waals surface area (Å²) in [7, 11) is 0. The minimum absolute atomic E-state index is 0.00515. The summed E-state index contributed by atoms with van der Waals surface area (Å²) in [6.07, 6.45) is 6.47. The van der Waals surface area contributed by atoms with E-state index < -0.39 is 17.6 Å². The summed E-state index contributed by atoms with van der Waals surface area (Å²) in [6, 6.07) is 6.58. The summed E-state index contributed by atoms with van der Waals surface area (Å²) in [4.78, 5) is 39.8.